The molecule has 0 aromatic heterocycles. The van der Waals surface area contributed by atoms with Crippen molar-refractivity contribution in [2.24, 2.45) is 0 Å². The summed E-state index contributed by atoms with van der Waals surface area (Å²) in [6.07, 6.45) is 5.31. The minimum Gasteiger partial charge on any atom is -0.497 e. The number of urea groups is 1. The van der Waals surface area contributed by atoms with Crippen LogP contribution in [0.25, 0.3) is 6.08 Å². The average molecular weight is 286 g/mol. The summed E-state index contributed by atoms with van der Waals surface area (Å²) >= 11 is 0. The minimum atomic E-state index is -0.178. The molecule has 1 aliphatic carbocycles. The SMILES string of the molecule is COc1cccc(/C=C2\CC2(C)NC(=O)N2CCCC2)c1. The van der Waals surface area contributed by atoms with Crippen LogP contribution in [-0.2, 0) is 0 Å². The number of hydrogen-bond donors (Lipinski definition) is 1. The molecule has 1 aromatic carbocycles. The Labute approximate surface area is 125 Å². The highest BCUT2D eigenvalue weighted by Gasteiger charge is 2.46. The normalized spacial score (nSPS) is 26.0. The number of ether oxygens (including phenoxy) is 1. The Morgan fingerprint density at radius 3 is 2.86 bits per heavy atom. The minimum absolute atomic E-state index is 0.0732. The first-order chi connectivity index (χ1) is 10.1. The fourth-order valence-electron chi connectivity index (χ4n) is 2.84. The van der Waals surface area contributed by atoms with E-state index in [2.05, 4.69) is 24.4 Å². The third-order valence-corrected chi connectivity index (χ3v) is 4.34. The summed E-state index contributed by atoms with van der Waals surface area (Å²) in [4.78, 5) is 14.1. The van der Waals surface area contributed by atoms with Crippen molar-refractivity contribution < 1.29 is 9.53 Å². The van der Waals surface area contributed by atoms with E-state index in [4.69, 9.17) is 4.74 Å². The van der Waals surface area contributed by atoms with Gasteiger partial charge in [0.25, 0.3) is 0 Å². The lowest BCUT2D eigenvalue weighted by molar-refractivity contribution is 0.205. The van der Waals surface area contributed by atoms with E-state index in [1.807, 2.05) is 23.1 Å². The molecule has 21 heavy (non-hydrogen) atoms. The molecule has 1 heterocycles. The van der Waals surface area contributed by atoms with Crippen molar-refractivity contribution in [3.8, 4) is 5.75 Å². The third-order valence-electron chi connectivity index (χ3n) is 4.34. The van der Waals surface area contributed by atoms with Gasteiger partial charge in [0.2, 0.25) is 0 Å². The Kier molecular flexibility index (Phi) is 3.62. The maximum absolute atomic E-state index is 12.2. The molecular formula is C17H22N2O2. The van der Waals surface area contributed by atoms with Crippen LogP contribution in [0.5, 0.6) is 5.75 Å². The van der Waals surface area contributed by atoms with Crippen molar-refractivity contribution in [2.45, 2.75) is 31.7 Å². The van der Waals surface area contributed by atoms with Crippen molar-refractivity contribution in [3.63, 3.8) is 0 Å². The van der Waals surface area contributed by atoms with Gasteiger partial charge in [-0.3, -0.25) is 0 Å². The average Bonchev–Trinajstić information content (AvgIpc) is 2.93. The van der Waals surface area contributed by atoms with Gasteiger partial charge < -0.3 is 15.0 Å². The number of carbonyl (C=O) groups is 1. The molecule has 2 amide bonds. The zero-order valence-corrected chi connectivity index (χ0v) is 12.7. The fourth-order valence-corrected chi connectivity index (χ4v) is 2.84. The highest BCUT2D eigenvalue weighted by Crippen LogP contribution is 2.44. The second kappa shape index (κ2) is 5.43. The van der Waals surface area contributed by atoms with Crippen molar-refractivity contribution in [1.82, 2.24) is 10.2 Å². The number of nitrogens with one attached hydrogen (secondary N) is 1. The van der Waals surface area contributed by atoms with Gasteiger partial charge in [0.1, 0.15) is 5.75 Å². The van der Waals surface area contributed by atoms with Gasteiger partial charge in [-0.2, -0.15) is 0 Å². The molecule has 1 aromatic rings. The Morgan fingerprint density at radius 1 is 1.38 bits per heavy atom. The summed E-state index contributed by atoms with van der Waals surface area (Å²) in [6.45, 7) is 3.86. The number of methoxy groups -OCH3 is 1. The van der Waals surface area contributed by atoms with Crippen LogP contribution >= 0.6 is 0 Å². The molecule has 1 N–H and O–H groups in total. The quantitative estimate of drug-likeness (QED) is 0.928. The van der Waals surface area contributed by atoms with E-state index in [1.165, 1.54) is 5.57 Å². The van der Waals surface area contributed by atoms with Gasteiger partial charge in [0, 0.05) is 13.1 Å². The predicted octanol–water partition coefficient (Wildman–Crippen LogP) is 3.05. The molecule has 4 nitrogen and oxygen atoms in total. The van der Waals surface area contributed by atoms with Crippen LogP contribution in [0.15, 0.2) is 29.8 Å². The van der Waals surface area contributed by atoms with E-state index in [1.54, 1.807) is 7.11 Å². The van der Waals surface area contributed by atoms with E-state index in [9.17, 15) is 4.79 Å². The number of amides is 2. The summed E-state index contributed by atoms with van der Waals surface area (Å²) in [6, 6.07) is 8.05. The molecular weight excluding hydrogens is 264 g/mol. The smallest absolute Gasteiger partial charge is 0.318 e. The van der Waals surface area contributed by atoms with Crippen molar-refractivity contribution >= 4 is 12.1 Å². The van der Waals surface area contributed by atoms with Crippen molar-refractivity contribution in [2.75, 3.05) is 20.2 Å². The largest absolute Gasteiger partial charge is 0.497 e. The van der Waals surface area contributed by atoms with Gasteiger partial charge in [0.15, 0.2) is 0 Å². The molecule has 1 aliphatic heterocycles. The lowest BCUT2D eigenvalue weighted by atomic mass is 10.1. The summed E-state index contributed by atoms with van der Waals surface area (Å²) in [7, 11) is 1.67. The fraction of sp³-hybridized carbons (Fsp3) is 0.471. The van der Waals surface area contributed by atoms with Gasteiger partial charge in [0.05, 0.1) is 12.6 Å². The van der Waals surface area contributed by atoms with E-state index in [-0.39, 0.29) is 11.6 Å². The van der Waals surface area contributed by atoms with Crippen LogP contribution in [0, 0.1) is 0 Å². The monoisotopic (exact) mass is 286 g/mol. The molecule has 1 unspecified atom stereocenters. The van der Waals surface area contributed by atoms with Crippen LogP contribution in [0.2, 0.25) is 0 Å². The Hall–Kier alpha value is -1.97. The van der Waals surface area contributed by atoms with Crippen LogP contribution in [0.1, 0.15) is 31.7 Å². The van der Waals surface area contributed by atoms with Gasteiger partial charge in [-0.25, -0.2) is 4.79 Å². The molecule has 2 fully saturated rings. The highest BCUT2D eigenvalue weighted by molar-refractivity contribution is 5.78. The Balaban J connectivity index is 1.65. The first-order valence-electron chi connectivity index (χ1n) is 7.53. The van der Waals surface area contributed by atoms with Gasteiger partial charge in [-0.1, -0.05) is 18.2 Å². The summed E-state index contributed by atoms with van der Waals surface area (Å²) < 4.78 is 5.24. The Morgan fingerprint density at radius 2 is 2.14 bits per heavy atom. The molecule has 0 radical (unpaired) electrons. The third kappa shape index (κ3) is 3.04. The predicted molar refractivity (Wildman–Crippen MR) is 83.3 cm³/mol. The molecule has 0 bridgehead atoms. The van der Waals surface area contributed by atoms with Gasteiger partial charge in [-0.05, 0) is 49.5 Å². The number of nitrogens with zero attached hydrogens (tertiary/aromatic N) is 1. The van der Waals surface area contributed by atoms with Crippen molar-refractivity contribution in [1.29, 1.82) is 0 Å². The molecule has 1 atom stereocenters. The van der Waals surface area contributed by atoms with E-state index >= 15 is 0 Å². The number of rotatable bonds is 3. The van der Waals surface area contributed by atoms with E-state index in [0.29, 0.717) is 0 Å². The summed E-state index contributed by atoms with van der Waals surface area (Å²) in [5, 5.41) is 3.16. The lowest BCUT2D eigenvalue weighted by Crippen LogP contribution is -2.43. The standard InChI is InChI=1S/C17H22N2O2/c1-17(18-16(20)19-8-3-4-9-19)12-14(17)10-13-6-5-7-15(11-13)21-2/h5-7,10-11H,3-4,8-9,12H2,1-2H3,(H,18,20)/b14-10+. The maximum Gasteiger partial charge on any atom is 0.318 e. The molecule has 1 saturated heterocycles. The molecule has 4 heteroatoms. The van der Waals surface area contributed by atoms with Crippen LogP contribution < -0.4 is 10.1 Å². The number of carbonyl (C=O) groups excluding carboxylic acids is 1. The zero-order chi connectivity index (χ0) is 14.9. The zero-order valence-electron chi connectivity index (χ0n) is 12.7. The second-order valence-electron chi connectivity index (χ2n) is 6.08. The van der Waals surface area contributed by atoms with Crippen molar-refractivity contribution in [3.05, 3.63) is 35.4 Å². The summed E-state index contributed by atoms with van der Waals surface area (Å²) in [5.74, 6) is 0.854. The number of benzene rings is 1. The van der Waals surface area contributed by atoms with Crippen LogP contribution in [0.4, 0.5) is 4.79 Å². The second-order valence-corrected chi connectivity index (χ2v) is 6.08. The first kappa shape index (κ1) is 14.0. The lowest BCUT2D eigenvalue weighted by Gasteiger charge is -2.19. The van der Waals surface area contributed by atoms with E-state index < -0.39 is 0 Å². The molecule has 0 spiro atoms. The van der Waals surface area contributed by atoms with Gasteiger partial charge >= 0.3 is 6.03 Å². The summed E-state index contributed by atoms with van der Waals surface area (Å²) in [5.41, 5.74) is 2.20. The number of hydrogen-bond acceptors (Lipinski definition) is 2. The molecule has 2 aliphatic rings. The Bertz CT molecular complexity index is 576. The van der Waals surface area contributed by atoms with Crippen LogP contribution in [0.3, 0.4) is 0 Å². The van der Waals surface area contributed by atoms with E-state index in [0.717, 1.165) is 43.7 Å². The molecule has 3 rings (SSSR count). The first-order valence-corrected chi connectivity index (χ1v) is 7.53. The highest BCUT2D eigenvalue weighted by atomic mass is 16.5. The van der Waals surface area contributed by atoms with Crippen LogP contribution in [-0.4, -0.2) is 36.7 Å². The molecule has 112 valence electrons. The topological polar surface area (TPSA) is 41.6 Å². The maximum atomic E-state index is 12.2. The molecule has 1 saturated carbocycles. The van der Waals surface area contributed by atoms with Gasteiger partial charge in [-0.15, -0.1) is 0 Å². The number of likely N-dealkylation sites (tertiary alicyclic amines) is 1.